The average Bonchev–Trinajstić information content (AvgIpc) is 3.07. The van der Waals surface area contributed by atoms with Crippen LogP contribution in [0.1, 0.15) is 42.5 Å². The molecule has 0 radical (unpaired) electrons. The van der Waals surface area contributed by atoms with Crippen LogP contribution in [0.25, 0.3) is 11.1 Å². The molecule has 0 fully saturated rings. The van der Waals surface area contributed by atoms with Gasteiger partial charge < -0.3 is 9.47 Å². The van der Waals surface area contributed by atoms with Crippen molar-refractivity contribution in [2.45, 2.75) is 39.0 Å². The fraction of sp³-hybridized carbons (Fsp3) is 0.292. The Kier molecular flexibility index (Phi) is 6.23. The summed E-state index contributed by atoms with van der Waals surface area (Å²) in [6.45, 7) is 5.42. The molecule has 3 rings (SSSR count). The monoisotopic (exact) mass is 448 g/mol. The minimum Gasteiger partial charge on any atom is -0.336 e. The molecule has 164 valence electrons. The number of alkyl halides is 3. The van der Waals surface area contributed by atoms with Gasteiger partial charge in [0.05, 0.1) is 0 Å². The van der Waals surface area contributed by atoms with Gasteiger partial charge in [0.1, 0.15) is 11.4 Å². The van der Waals surface area contributed by atoms with Crippen molar-refractivity contribution in [2.24, 2.45) is 0 Å². The Morgan fingerprint density at radius 1 is 1.00 bits per heavy atom. The third kappa shape index (κ3) is 4.96. The van der Waals surface area contributed by atoms with Gasteiger partial charge in [0.25, 0.3) is 5.91 Å². The highest BCUT2D eigenvalue weighted by molar-refractivity contribution is 6.30. The van der Waals surface area contributed by atoms with Crippen LogP contribution in [0.3, 0.4) is 0 Å². The molecule has 0 bridgehead atoms. The number of amides is 1. The Balaban J connectivity index is 2.29. The van der Waals surface area contributed by atoms with E-state index in [1.807, 2.05) is 20.8 Å². The molecule has 3 aromatic rings. The average molecular weight is 449 g/mol. The van der Waals surface area contributed by atoms with Crippen molar-refractivity contribution in [3.05, 3.63) is 82.6 Å². The van der Waals surface area contributed by atoms with E-state index in [9.17, 15) is 18.0 Å². The lowest BCUT2D eigenvalue weighted by atomic mass is 10.0. The number of carbonyl (C=O) groups excluding carboxylic acids is 1. The first kappa shape index (κ1) is 22.9. The van der Waals surface area contributed by atoms with Crippen molar-refractivity contribution < 1.29 is 18.0 Å². The molecule has 0 saturated carbocycles. The molecule has 0 N–H and O–H groups in total. The second-order valence-corrected chi connectivity index (χ2v) is 8.84. The summed E-state index contributed by atoms with van der Waals surface area (Å²) in [5, 5.41) is 0.461. The van der Waals surface area contributed by atoms with Crippen molar-refractivity contribution >= 4 is 17.5 Å². The summed E-state index contributed by atoms with van der Waals surface area (Å²) in [4.78, 5) is 15.0. The Morgan fingerprint density at radius 2 is 1.58 bits per heavy atom. The lowest BCUT2D eigenvalue weighted by Crippen LogP contribution is -2.43. The Hall–Kier alpha value is -2.73. The van der Waals surface area contributed by atoms with E-state index in [-0.39, 0.29) is 17.8 Å². The number of hydrogen-bond acceptors (Lipinski definition) is 1. The van der Waals surface area contributed by atoms with Crippen molar-refractivity contribution in [2.75, 3.05) is 7.05 Å². The highest BCUT2D eigenvalue weighted by Crippen LogP contribution is 2.38. The van der Waals surface area contributed by atoms with Crippen molar-refractivity contribution in [3.63, 3.8) is 0 Å². The first-order valence-electron chi connectivity index (χ1n) is 9.78. The smallest absolute Gasteiger partial charge is 0.336 e. The van der Waals surface area contributed by atoms with Crippen LogP contribution in [-0.4, -0.2) is 28.0 Å². The van der Waals surface area contributed by atoms with E-state index in [4.69, 9.17) is 11.6 Å². The number of nitrogens with zero attached hydrogens (tertiary/aromatic N) is 2. The summed E-state index contributed by atoms with van der Waals surface area (Å²) >= 11 is 5.97. The zero-order valence-corrected chi connectivity index (χ0v) is 18.6. The fourth-order valence-corrected chi connectivity index (χ4v) is 3.38. The maximum atomic E-state index is 14.1. The van der Waals surface area contributed by atoms with Crippen LogP contribution >= 0.6 is 11.6 Å². The van der Waals surface area contributed by atoms with Crippen LogP contribution in [0.4, 0.5) is 13.2 Å². The zero-order valence-electron chi connectivity index (χ0n) is 17.8. The number of hydrogen-bond donors (Lipinski definition) is 0. The van der Waals surface area contributed by atoms with E-state index in [0.717, 1.165) is 10.6 Å². The standard InChI is InChI=1S/C24H24ClF3N2O/c1-23(2,3)29(4)22(31)21-19(17-10-12-18(25)13-11-17)14-20(24(26,27)28)30(21)15-16-8-6-5-7-9-16/h5-14H,15H2,1-4H3. The summed E-state index contributed by atoms with van der Waals surface area (Å²) < 4.78 is 43.2. The van der Waals surface area contributed by atoms with Gasteiger partial charge in [0, 0.05) is 29.7 Å². The summed E-state index contributed by atoms with van der Waals surface area (Å²) in [7, 11) is 1.60. The van der Waals surface area contributed by atoms with Gasteiger partial charge in [-0.3, -0.25) is 4.79 Å². The van der Waals surface area contributed by atoms with Gasteiger partial charge >= 0.3 is 6.18 Å². The normalized spacial score (nSPS) is 12.1. The number of rotatable bonds is 4. The van der Waals surface area contributed by atoms with Crippen molar-refractivity contribution in [1.29, 1.82) is 0 Å². The number of halogens is 4. The lowest BCUT2D eigenvalue weighted by Gasteiger charge is -2.33. The summed E-state index contributed by atoms with van der Waals surface area (Å²) in [5.74, 6) is -0.483. The van der Waals surface area contributed by atoms with E-state index in [0.29, 0.717) is 16.1 Å². The summed E-state index contributed by atoms with van der Waals surface area (Å²) in [6, 6.07) is 16.3. The lowest BCUT2D eigenvalue weighted by molar-refractivity contribution is -0.143. The van der Waals surface area contributed by atoms with E-state index in [1.165, 1.54) is 4.90 Å². The predicted molar refractivity (Wildman–Crippen MR) is 117 cm³/mol. The van der Waals surface area contributed by atoms with E-state index in [2.05, 4.69) is 0 Å². The van der Waals surface area contributed by atoms with Crippen LogP contribution in [0, 0.1) is 0 Å². The van der Waals surface area contributed by atoms with Gasteiger partial charge in [-0.15, -0.1) is 0 Å². The highest BCUT2D eigenvalue weighted by Gasteiger charge is 2.39. The predicted octanol–water partition coefficient (Wildman–Crippen LogP) is 6.75. The van der Waals surface area contributed by atoms with Gasteiger partial charge in [0.2, 0.25) is 0 Å². The molecule has 0 unspecified atom stereocenters. The summed E-state index contributed by atoms with van der Waals surface area (Å²) in [5.41, 5.74) is -0.0656. The molecule has 0 aliphatic heterocycles. The molecule has 3 nitrogen and oxygen atoms in total. The van der Waals surface area contributed by atoms with Gasteiger partial charge in [0.15, 0.2) is 0 Å². The van der Waals surface area contributed by atoms with Gasteiger partial charge in [-0.2, -0.15) is 13.2 Å². The molecule has 0 aliphatic rings. The zero-order chi connectivity index (χ0) is 23.0. The molecule has 7 heteroatoms. The van der Waals surface area contributed by atoms with Gasteiger partial charge in [-0.05, 0) is 50.1 Å². The SMILES string of the molecule is CN(C(=O)c1c(-c2ccc(Cl)cc2)cc(C(F)(F)F)n1Cc1ccccc1)C(C)(C)C. The molecule has 1 heterocycles. The first-order chi connectivity index (χ1) is 14.4. The van der Waals surface area contributed by atoms with Crippen LogP contribution in [0.2, 0.25) is 5.02 Å². The number of carbonyl (C=O) groups is 1. The fourth-order valence-electron chi connectivity index (χ4n) is 3.26. The molecule has 1 amide bonds. The molecule has 0 spiro atoms. The van der Waals surface area contributed by atoms with E-state index >= 15 is 0 Å². The van der Waals surface area contributed by atoms with Crippen LogP contribution < -0.4 is 0 Å². The minimum atomic E-state index is -4.63. The summed E-state index contributed by atoms with van der Waals surface area (Å²) in [6.07, 6.45) is -4.63. The molecule has 2 aromatic carbocycles. The second kappa shape index (κ2) is 8.42. The Morgan fingerprint density at radius 3 is 2.10 bits per heavy atom. The van der Waals surface area contributed by atoms with Crippen LogP contribution in [-0.2, 0) is 12.7 Å². The molecule has 1 aromatic heterocycles. The number of benzene rings is 2. The highest BCUT2D eigenvalue weighted by atomic mass is 35.5. The Labute approximate surface area is 185 Å². The maximum absolute atomic E-state index is 14.1. The topological polar surface area (TPSA) is 25.2 Å². The third-order valence-electron chi connectivity index (χ3n) is 5.24. The van der Waals surface area contributed by atoms with E-state index in [1.54, 1.807) is 61.6 Å². The van der Waals surface area contributed by atoms with Crippen LogP contribution in [0.15, 0.2) is 60.7 Å². The largest absolute Gasteiger partial charge is 0.431 e. The molecule has 31 heavy (non-hydrogen) atoms. The molecular formula is C24H24ClF3N2O. The molecular weight excluding hydrogens is 425 g/mol. The Bertz CT molecular complexity index is 1070. The van der Waals surface area contributed by atoms with Gasteiger partial charge in [-0.25, -0.2) is 0 Å². The first-order valence-corrected chi connectivity index (χ1v) is 10.2. The van der Waals surface area contributed by atoms with Crippen LogP contribution in [0.5, 0.6) is 0 Å². The minimum absolute atomic E-state index is 0.00377. The number of aromatic nitrogens is 1. The van der Waals surface area contributed by atoms with Crippen molar-refractivity contribution in [1.82, 2.24) is 9.47 Å². The molecule has 0 aliphatic carbocycles. The van der Waals surface area contributed by atoms with Gasteiger partial charge in [-0.1, -0.05) is 54.1 Å². The van der Waals surface area contributed by atoms with E-state index < -0.39 is 23.3 Å². The molecule has 0 atom stereocenters. The quantitative estimate of drug-likeness (QED) is 0.433. The second-order valence-electron chi connectivity index (χ2n) is 8.40. The van der Waals surface area contributed by atoms with Crippen molar-refractivity contribution in [3.8, 4) is 11.1 Å². The third-order valence-corrected chi connectivity index (χ3v) is 5.49. The maximum Gasteiger partial charge on any atom is 0.431 e. The molecule has 0 saturated heterocycles.